The average Bonchev–Trinajstić information content (AvgIpc) is 3.09. The normalized spacial score (nSPS) is 15.2. The SMILES string of the molecule is Cc1nn(C(F)F)cc1S(=O)(=O)N1CCOc2ccc(NC(=O)OC(C)C(C)(C)C)cc21. The lowest BCUT2D eigenvalue weighted by Crippen LogP contribution is -2.38. The van der Waals surface area contributed by atoms with E-state index in [0.717, 1.165) is 10.5 Å². The molecule has 9 nitrogen and oxygen atoms in total. The summed E-state index contributed by atoms with van der Waals surface area (Å²) in [5.41, 5.74) is 0.155. The molecule has 1 aromatic heterocycles. The van der Waals surface area contributed by atoms with Gasteiger partial charge in [0.05, 0.1) is 24.1 Å². The molecule has 0 saturated carbocycles. The lowest BCUT2D eigenvalue weighted by Gasteiger charge is -2.30. The number of alkyl halides is 2. The van der Waals surface area contributed by atoms with Gasteiger partial charge in [-0.3, -0.25) is 9.62 Å². The molecular formula is C20H26F2N4O5S. The summed E-state index contributed by atoms with van der Waals surface area (Å²) in [4.78, 5) is 11.9. The predicted molar refractivity (Wildman–Crippen MR) is 114 cm³/mol. The van der Waals surface area contributed by atoms with E-state index in [-0.39, 0.29) is 46.7 Å². The number of carbonyl (C=O) groups is 1. The zero-order chi connectivity index (χ0) is 23.8. The van der Waals surface area contributed by atoms with Gasteiger partial charge in [-0.25, -0.2) is 17.9 Å². The van der Waals surface area contributed by atoms with E-state index in [1.807, 2.05) is 20.8 Å². The Kier molecular flexibility index (Phi) is 6.36. The molecule has 1 aliphatic heterocycles. The third kappa shape index (κ3) is 4.79. The molecule has 2 aromatic rings. The number of hydrogen-bond donors (Lipinski definition) is 1. The molecule has 1 amide bonds. The first-order chi connectivity index (χ1) is 14.8. The molecular weight excluding hydrogens is 446 g/mol. The van der Waals surface area contributed by atoms with E-state index in [9.17, 15) is 22.0 Å². The summed E-state index contributed by atoms with van der Waals surface area (Å²) < 4.78 is 64.8. The van der Waals surface area contributed by atoms with Crippen LogP contribution in [0.2, 0.25) is 0 Å². The Labute approximate surface area is 185 Å². The maximum Gasteiger partial charge on any atom is 0.411 e. The van der Waals surface area contributed by atoms with Gasteiger partial charge in [-0.15, -0.1) is 0 Å². The van der Waals surface area contributed by atoms with E-state index in [2.05, 4.69) is 10.4 Å². The molecule has 0 aliphatic carbocycles. The van der Waals surface area contributed by atoms with Crippen LogP contribution in [0.25, 0.3) is 0 Å². The number of amides is 1. The van der Waals surface area contributed by atoms with E-state index in [4.69, 9.17) is 9.47 Å². The van der Waals surface area contributed by atoms with Gasteiger partial charge >= 0.3 is 12.6 Å². The molecule has 1 atom stereocenters. The highest BCUT2D eigenvalue weighted by atomic mass is 32.2. The highest BCUT2D eigenvalue weighted by Gasteiger charge is 2.34. The van der Waals surface area contributed by atoms with Crippen molar-refractivity contribution in [3.05, 3.63) is 30.1 Å². The number of nitrogens with zero attached hydrogens (tertiary/aromatic N) is 3. The molecule has 1 aromatic carbocycles. The van der Waals surface area contributed by atoms with Crippen LogP contribution < -0.4 is 14.4 Å². The van der Waals surface area contributed by atoms with E-state index in [0.29, 0.717) is 10.4 Å². The molecule has 0 bridgehead atoms. The fourth-order valence-electron chi connectivity index (χ4n) is 2.94. The number of aromatic nitrogens is 2. The number of rotatable bonds is 5. The summed E-state index contributed by atoms with van der Waals surface area (Å²) in [7, 11) is -4.21. The van der Waals surface area contributed by atoms with Crippen molar-refractivity contribution in [3.8, 4) is 5.75 Å². The summed E-state index contributed by atoms with van der Waals surface area (Å²) in [6.07, 6.45) is -0.250. The molecule has 2 heterocycles. The molecule has 0 fully saturated rings. The van der Waals surface area contributed by atoms with Crippen molar-refractivity contribution in [2.75, 3.05) is 22.8 Å². The first-order valence-electron chi connectivity index (χ1n) is 9.92. The summed E-state index contributed by atoms with van der Waals surface area (Å²) in [5, 5.41) is 6.17. The first-order valence-corrected chi connectivity index (χ1v) is 11.4. The summed E-state index contributed by atoms with van der Waals surface area (Å²) in [6.45, 7) is 5.99. The molecule has 12 heteroatoms. The van der Waals surface area contributed by atoms with Crippen LogP contribution in [0.3, 0.4) is 0 Å². The Morgan fingerprint density at radius 2 is 2.00 bits per heavy atom. The van der Waals surface area contributed by atoms with Gasteiger partial charge in [0.25, 0.3) is 10.0 Å². The van der Waals surface area contributed by atoms with Crippen molar-refractivity contribution in [1.82, 2.24) is 9.78 Å². The van der Waals surface area contributed by atoms with Gasteiger partial charge in [-0.05, 0) is 37.5 Å². The van der Waals surface area contributed by atoms with Crippen molar-refractivity contribution in [2.45, 2.75) is 52.2 Å². The van der Waals surface area contributed by atoms with Crippen molar-refractivity contribution in [2.24, 2.45) is 5.41 Å². The molecule has 32 heavy (non-hydrogen) atoms. The third-order valence-electron chi connectivity index (χ3n) is 5.17. The van der Waals surface area contributed by atoms with Crippen LogP contribution in [-0.2, 0) is 14.8 Å². The monoisotopic (exact) mass is 472 g/mol. The summed E-state index contributed by atoms with van der Waals surface area (Å²) in [6, 6.07) is 4.51. The van der Waals surface area contributed by atoms with Crippen LogP contribution in [0.4, 0.5) is 25.0 Å². The maximum atomic E-state index is 13.3. The number of anilines is 2. The van der Waals surface area contributed by atoms with E-state index in [1.54, 1.807) is 13.0 Å². The Bertz CT molecular complexity index is 1110. The number of nitrogens with one attached hydrogen (secondary N) is 1. The number of aryl methyl sites for hydroxylation is 1. The van der Waals surface area contributed by atoms with Crippen LogP contribution in [0.5, 0.6) is 5.75 Å². The topological polar surface area (TPSA) is 103 Å². The first kappa shape index (κ1) is 23.8. The number of ether oxygens (including phenoxy) is 2. The zero-order valence-corrected chi connectivity index (χ0v) is 19.2. The number of benzene rings is 1. The van der Waals surface area contributed by atoms with Crippen molar-refractivity contribution >= 4 is 27.5 Å². The van der Waals surface area contributed by atoms with Crippen LogP contribution in [0.1, 0.15) is 39.9 Å². The zero-order valence-electron chi connectivity index (χ0n) is 18.4. The van der Waals surface area contributed by atoms with Gasteiger partial charge < -0.3 is 9.47 Å². The molecule has 1 aliphatic rings. The molecule has 0 radical (unpaired) electrons. The fourth-order valence-corrected chi connectivity index (χ4v) is 4.55. The quantitative estimate of drug-likeness (QED) is 0.701. The minimum atomic E-state index is -4.21. The van der Waals surface area contributed by atoms with E-state index in [1.165, 1.54) is 19.1 Å². The van der Waals surface area contributed by atoms with Crippen LogP contribution >= 0.6 is 0 Å². The van der Waals surface area contributed by atoms with Gasteiger partial charge in [0.1, 0.15) is 23.4 Å². The smallest absolute Gasteiger partial charge is 0.411 e. The van der Waals surface area contributed by atoms with E-state index >= 15 is 0 Å². The number of fused-ring (bicyclic) bond motifs is 1. The van der Waals surface area contributed by atoms with Gasteiger partial charge in [0.15, 0.2) is 0 Å². The Morgan fingerprint density at radius 1 is 1.31 bits per heavy atom. The van der Waals surface area contributed by atoms with Gasteiger partial charge in [0, 0.05) is 5.69 Å². The molecule has 176 valence electrons. The van der Waals surface area contributed by atoms with Crippen LogP contribution in [-0.4, -0.2) is 43.5 Å². The summed E-state index contributed by atoms with van der Waals surface area (Å²) >= 11 is 0. The molecule has 0 spiro atoms. The molecule has 1 unspecified atom stereocenters. The Morgan fingerprint density at radius 3 is 2.59 bits per heavy atom. The Hall–Kier alpha value is -2.89. The van der Waals surface area contributed by atoms with Gasteiger partial charge in [0.2, 0.25) is 0 Å². The summed E-state index contributed by atoms with van der Waals surface area (Å²) in [5.74, 6) is 0.278. The van der Waals surface area contributed by atoms with Crippen molar-refractivity contribution in [1.29, 1.82) is 0 Å². The fraction of sp³-hybridized carbons (Fsp3) is 0.500. The number of sulfonamides is 1. The number of halogens is 2. The molecule has 1 N–H and O–H groups in total. The minimum absolute atomic E-state index is 0.0381. The predicted octanol–water partition coefficient (Wildman–Crippen LogP) is 4.16. The molecule has 0 saturated heterocycles. The van der Waals surface area contributed by atoms with Crippen LogP contribution in [0, 0.1) is 12.3 Å². The van der Waals surface area contributed by atoms with Gasteiger partial charge in [-0.1, -0.05) is 20.8 Å². The van der Waals surface area contributed by atoms with Gasteiger partial charge in [-0.2, -0.15) is 13.9 Å². The highest BCUT2D eigenvalue weighted by molar-refractivity contribution is 7.92. The number of hydrogen-bond acceptors (Lipinski definition) is 6. The minimum Gasteiger partial charge on any atom is -0.489 e. The standard InChI is InChI=1S/C20H26F2N4O5S/c1-12-17(11-25(24-12)18(21)22)32(28,29)26-8-9-30-16-7-6-14(10-15(16)26)23-19(27)31-13(2)20(3,4)5/h6-7,10-11,13,18H,8-9H2,1-5H3,(H,23,27). The third-order valence-corrected chi connectivity index (χ3v) is 7.09. The lowest BCUT2D eigenvalue weighted by molar-refractivity contribution is 0.0527. The molecule has 3 rings (SSSR count). The maximum absolute atomic E-state index is 13.3. The highest BCUT2D eigenvalue weighted by Crippen LogP contribution is 2.38. The van der Waals surface area contributed by atoms with Crippen molar-refractivity contribution in [3.63, 3.8) is 0 Å². The number of carbonyl (C=O) groups excluding carboxylic acids is 1. The van der Waals surface area contributed by atoms with E-state index < -0.39 is 22.7 Å². The van der Waals surface area contributed by atoms with Crippen LogP contribution in [0.15, 0.2) is 29.3 Å². The second-order valence-corrected chi connectivity index (χ2v) is 10.3. The largest absolute Gasteiger partial charge is 0.489 e. The Balaban J connectivity index is 1.90. The average molecular weight is 473 g/mol. The van der Waals surface area contributed by atoms with Crippen molar-refractivity contribution < 1.29 is 31.5 Å². The second-order valence-electron chi connectivity index (χ2n) is 8.48. The lowest BCUT2D eigenvalue weighted by atomic mass is 9.90. The second kappa shape index (κ2) is 8.57.